The Balaban J connectivity index is 1.67. The van der Waals surface area contributed by atoms with E-state index in [1.54, 1.807) is 7.11 Å². The van der Waals surface area contributed by atoms with E-state index in [1.165, 1.54) is 0 Å². The van der Waals surface area contributed by atoms with Crippen LogP contribution in [0, 0.1) is 5.92 Å². The molecule has 0 aromatic heterocycles. The number of carboxylic acid groups (broad SMARTS) is 1. The van der Waals surface area contributed by atoms with Crippen molar-refractivity contribution in [2.75, 3.05) is 45.4 Å². The lowest BCUT2D eigenvalue weighted by Gasteiger charge is -2.30. The SMILES string of the molecule is CCCCN(CCCBr)C(=O)CN1CC(c2ccc3c(c2)OCO3)C(C(=O)O)C1c1ccc(OC)cc1. The van der Waals surface area contributed by atoms with Crippen LogP contribution in [0.4, 0.5) is 0 Å². The van der Waals surface area contributed by atoms with E-state index in [0.717, 1.165) is 35.7 Å². The summed E-state index contributed by atoms with van der Waals surface area (Å²) in [5.74, 6) is 0.0585. The zero-order chi connectivity index (χ0) is 26.4. The third-order valence-corrected chi connectivity index (χ3v) is 7.76. The third-order valence-electron chi connectivity index (χ3n) is 7.20. The summed E-state index contributed by atoms with van der Waals surface area (Å²) in [6.45, 7) is 4.26. The van der Waals surface area contributed by atoms with Gasteiger partial charge in [0.25, 0.3) is 0 Å². The first kappa shape index (κ1) is 27.3. The van der Waals surface area contributed by atoms with Gasteiger partial charge in [-0.2, -0.15) is 0 Å². The van der Waals surface area contributed by atoms with Gasteiger partial charge in [-0.25, -0.2) is 0 Å². The third kappa shape index (κ3) is 6.21. The summed E-state index contributed by atoms with van der Waals surface area (Å²) < 4.78 is 16.3. The average molecular weight is 576 g/mol. The van der Waals surface area contributed by atoms with Crippen molar-refractivity contribution < 1.29 is 28.9 Å². The van der Waals surface area contributed by atoms with E-state index >= 15 is 0 Å². The number of hydrogen-bond acceptors (Lipinski definition) is 6. The second-order valence-electron chi connectivity index (χ2n) is 9.51. The molecule has 8 nitrogen and oxygen atoms in total. The van der Waals surface area contributed by atoms with Crippen molar-refractivity contribution in [2.45, 2.75) is 38.1 Å². The summed E-state index contributed by atoms with van der Waals surface area (Å²) >= 11 is 3.47. The number of nitrogens with zero attached hydrogens (tertiary/aromatic N) is 2. The van der Waals surface area contributed by atoms with Crippen molar-refractivity contribution in [2.24, 2.45) is 5.92 Å². The van der Waals surface area contributed by atoms with Crippen LogP contribution in [0.3, 0.4) is 0 Å². The van der Waals surface area contributed by atoms with Gasteiger partial charge in [-0.1, -0.05) is 47.5 Å². The highest BCUT2D eigenvalue weighted by molar-refractivity contribution is 9.09. The number of halogens is 1. The molecular formula is C28H35BrN2O6. The van der Waals surface area contributed by atoms with Gasteiger partial charge in [-0.05, 0) is 48.2 Å². The van der Waals surface area contributed by atoms with Gasteiger partial charge in [-0.15, -0.1) is 0 Å². The van der Waals surface area contributed by atoms with Gasteiger partial charge in [0, 0.05) is 36.9 Å². The molecule has 2 aromatic carbocycles. The van der Waals surface area contributed by atoms with Crippen LogP contribution in [0.15, 0.2) is 42.5 Å². The number of amides is 1. The first-order valence-electron chi connectivity index (χ1n) is 12.8. The Bertz CT molecular complexity index is 1070. The summed E-state index contributed by atoms with van der Waals surface area (Å²) in [4.78, 5) is 30.2. The Kier molecular flexibility index (Phi) is 9.32. The normalized spacial score (nSPS) is 20.7. The highest BCUT2D eigenvalue weighted by Gasteiger charge is 2.48. The molecule has 0 spiro atoms. The van der Waals surface area contributed by atoms with Crippen LogP contribution in [0.1, 0.15) is 49.3 Å². The fraction of sp³-hybridized carbons (Fsp3) is 0.500. The minimum absolute atomic E-state index is 0.0309. The average Bonchev–Trinajstić information content (AvgIpc) is 3.53. The fourth-order valence-corrected chi connectivity index (χ4v) is 5.56. The number of carbonyl (C=O) groups excluding carboxylic acids is 1. The van der Waals surface area contributed by atoms with Crippen molar-refractivity contribution in [3.8, 4) is 17.2 Å². The zero-order valence-electron chi connectivity index (χ0n) is 21.4. The number of benzene rings is 2. The number of aliphatic carboxylic acids is 1. The molecule has 1 saturated heterocycles. The van der Waals surface area contributed by atoms with Gasteiger partial charge in [0.15, 0.2) is 11.5 Å². The second-order valence-corrected chi connectivity index (χ2v) is 10.3. The molecule has 1 N–H and O–H groups in total. The molecule has 2 aliphatic heterocycles. The van der Waals surface area contributed by atoms with E-state index in [1.807, 2.05) is 52.3 Å². The lowest BCUT2D eigenvalue weighted by molar-refractivity contribution is -0.144. The molecule has 200 valence electrons. The van der Waals surface area contributed by atoms with E-state index in [0.29, 0.717) is 36.9 Å². The number of alkyl halides is 1. The predicted octanol–water partition coefficient (Wildman–Crippen LogP) is 4.68. The topological polar surface area (TPSA) is 88.5 Å². The predicted molar refractivity (Wildman–Crippen MR) is 144 cm³/mol. The summed E-state index contributed by atoms with van der Waals surface area (Å²) in [6, 6.07) is 12.6. The molecule has 4 rings (SSSR count). The molecule has 3 unspecified atom stereocenters. The number of carboxylic acids is 1. The summed E-state index contributed by atoms with van der Waals surface area (Å²) in [5.41, 5.74) is 1.72. The smallest absolute Gasteiger partial charge is 0.309 e. The Labute approximate surface area is 226 Å². The molecule has 0 radical (unpaired) electrons. The number of likely N-dealkylation sites (tertiary alicyclic amines) is 1. The first-order valence-corrected chi connectivity index (χ1v) is 13.9. The minimum atomic E-state index is -0.888. The Morgan fingerprint density at radius 2 is 1.78 bits per heavy atom. The lowest BCUT2D eigenvalue weighted by atomic mass is 9.82. The number of hydrogen-bond donors (Lipinski definition) is 1. The maximum Gasteiger partial charge on any atom is 0.309 e. The monoisotopic (exact) mass is 574 g/mol. The zero-order valence-corrected chi connectivity index (χ0v) is 23.0. The number of rotatable bonds is 12. The van der Waals surface area contributed by atoms with Crippen LogP contribution in [-0.4, -0.2) is 72.2 Å². The number of unbranched alkanes of at least 4 members (excludes halogenated alkanes) is 1. The Hall–Kier alpha value is -2.78. The van der Waals surface area contributed by atoms with Gasteiger partial charge < -0.3 is 24.2 Å². The standard InChI is InChI=1S/C28H35BrN2O6/c1-3-4-13-30(14-5-12-29)25(32)17-31-16-22(20-8-11-23-24(15-20)37-18-36-23)26(28(33)34)27(31)19-6-9-21(35-2)10-7-19/h6-11,15,22,26-27H,3-5,12-14,16-18H2,1-2H3,(H,33,34). The Morgan fingerprint density at radius 1 is 1.08 bits per heavy atom. The first-order chi connectivity index (χ1) is 18.0. The molecule has 1 amide bonds. The minimum Gasteiger partial charge on any atom is -0.497 e. The number of fused-ring (bicyclic) bond motifs is 1. The van der Waals surface area contributed by atoms with Crippen molar-refractivity contribution in [1.29, 1.82) is 0 Å². The van der Waals surface area contributed by atoms with Gasteiger partial charge >= 0.3 is 5.97 Å². The number of carbonyl (C=O) groups is 2. The van der Waals surface area contributed by atoms with Gasteiger partial charge in [0.1, 0.15) is 5.75 Å². The largest absolute Gasteiger partial charge is 0.497 e. The highest BCUT2D eigenvalue weighted by Crippen LogP contribution is 2.47. The van der Waals surface area contributed by atoms with Crippen molar-refractivity contribution in [3.05, 3.63) is 53.6 Å². The molecule has 0 aliphatic carbocycles. The number of methoxy groups -OCH3 is 1. The summed E-state index contributed by atoms with van der Waals surface area (Å²) in [6.07, 6.45) is 2.81. The van der Waals surface area contributed by atoms with Crippen LogP contribution in [0.5, 0.6) is 17.2 Å². The fourth-order valence-electron chi connectivity index (χ4n) is 5.31. The Morgan fingerprint density at radius 3 is 2.46 bits per heavy atom. The molecule has 3 atom stereocenters. The van der Waals surface area contributed by atoms with Crippen LogP contribution in [0.25, 0.3) is 0 Å². The number of ether oxygens (including phenoxy) is 3. The van der Waals surface area contributed by atoms with Crippen LogP contribution in [0.2, 0.25) is 0 Å². The maximum atomic E-state index is 13.5. The van der Waals surface area contributed by atoms with Gasteiger partial charge in [0.05, 0.1) is 19.6 Å². The molecule has 9 heteroatoms. The lowest BCUT2D eigenvalue weighted by Crippen LogP contribution is -2.42. The van der Waals surface area contributed by atoms with Crippen molar-refractivity contribution in [3.63, 3.8) is 0 Å². The summed E-state index contributed by atoms with van der Waals surface area (Å²) in [5, 5.41) is 11.3. The summed E-state index contributed by atoms with van der Waals surface area (Å²) in [7, 11) is 1.60. The molecule has 37 heavy (non-hydrogen) atoms. The van der Waals surface area contributed by atoms with E-state index < -0.39 is 17.9 Å². The van der Waals surface area contributed by atoms with Gasteiger partial charge in [0.2, 0.25) is 12.7 Å². The molecule has 2 aliphatic rings. The van der Waals surface area contributed by atoms with E-state index in [4.69, 9.17) is 14.2 Å². The second kappa shape index (κ2) is 12.6. The molecular weight excluding hydrogens is 540 g/mol. The molecule has 1 fully saturated rings. The van der Waals surface area contributed by atoms with Crippen molar-refractivity contribution in [1.82, 2.24) is 9.80 Å². The molecule has 2 aromatic rings. The van der Waals surface area contributed by atoms with E-state index in [2.05, 4.69) is 22.9 Å². The highest BCUT2D eigenvalue weighted by atomic mass is 79.9. The van der Waals surface area contributed by atoms with Crippen LogP contribution in [-0.2, 0) is 9.59 Å². The molecule has 2 heterocycles. The molecule has 0 bridgehead atoms. The van der Waals surface area contributed by atoms with Crippen LogP contribution < -0.4 is 14.2 Å². The maximum absolute atomic E-state index is 13.5. The van der Waals surface area contributed by atoms with Gasteiger partial charge in [-0.3, -0.25) is 14.5 Å². The quantitative estimate of drug-likeness (QED) is 0.368. The van der Waals surface area contributed by atoms with E-state index in [-0.39, 0.29) is 25.2 Å². The van der Waals surface area contributed by atoms with Crippen LogP contribution >= 0.6 is 15.9 Å². The van der Waals surface area contributed by atoms with E-state index in [9.17, 15) is 14.7 Å². The van der Waals surface area contributed by atoms with Crippen molar-refractivity contribution >= 4 is 27.8 Å². The molecule has 0 saturated carbocycles.